The van der Waals surface area contributed by atoms with Gasteiger partial charge in [-0.05, 0) is 30.2 Å². The largest absolute Gasteiger partial charge is 0.496 e. The number of imide groups is 1. The van der Waals surface area contributed by atoms with Crippen LogP contribution in [-0.4, -0.2) is 46.4 Å². The number of carbonyl (C=O) groups excluding carboxylic acids is 3. The van der Waals surface area contributed by atoms with Gasteiger partial charge in [-0.25, -0.2) is 4.79 Å². The van der Waals surface area contributed by atoms with E-state index in [0.29, 0.717) is 11.3 Å². The molecule has 36 heavy (non-hydrogen) atoms. The van der Waals surface area contributed by atoms with E-state index in [4.69, 9.17) is 4.74 Å². The summed E-state index contributed by atoms with van der Waals surface area (Å²) in [4.78, 5) is 41.2. The Morgan fingerprint density at radius 3 is 2.36 bits per heavy atom. The number of nitrogens with zero attached hydrogens (tertiary/aromatic N) is 2. The van der Waals surface area contributed by atoms with Gasteiger partial charge < -0.3 is 14.6 Å². The number of benzene rings is 3. The summed E-state index contributed by atoms with van der Waals surface area (Å²) in [5.74, 6) is -0.0949. The van der Waals surface area contributed by atoms with E-state index in [1.165, 1.54) is 0 Å². The van der Waals surface area contributed by atoms with Crippen molar-refractivity contribution in [3.05, 3.63) is 90.0 Å². The molecule has 1 aromatic heterocycles. The first-order valence-electron chi connectivity index (χ1n) is 11.8. The number of Topliss-reactive ketones (excluding diaryl/α,β-unsaturated/α-hetero) is 1. The van der Waals surface area contributed by atoms with Crippen LogP contribution in [0.5, 0.6) is 5.75 Å². The van der Waals surface area contributed by atoms with Crippen molar-refractivity contribution in [3.8, 4) is 17.0 Å². The van der Waals surface area contributed by atoms with Crippen molar-refractivity contribution in [2.75, 3.05) is 13.7 Å². The number of aryl methyl sites for hydroxylation is 1. The minimum atomic E-state index is -1.19. The molecule has 7 heteroatoms. The van der Waals surface area contributed by atoms with Crippen LogP contribution in [-0.2, 0) is 18.3 Å². The van der Waals surface area contributed by atoms with Crippen LogP contribution in [0.15, 0.2) is 78.9 Å². The van der Waals surface area contributed by atoms with Crippen LogP contribution in [0.1, 0.15) is 22.8 Å². The van der Waals surface area contributed by atoms with E-state index in [0.717, 1.165) is 32.6 Å². The van der Waals surface area contributed by atoms with Crippen LogP contribution >= 0.6 is 0 Å². The molecule has 1 aliphatic rings. The molecule has 1 aliphatic heterocycles. The summed E-state index contributed by atoms with van der Waals surface area (Å²) in [6.07, 6.45) is 0.246. The lowest BCUT2D eigenvalue weighted by Gasteiger charge is -2.22. The number of methoxy groups -OCH3 is 1. The molecule has 3 amide bonds. The number of amides is 3. The lowest BCUT2D eigenvalue weighted by Crippen LogP contribution is -2.46. The molecule has 182 valence electrons. The summed E-state index contributed by atoms with van der Waals surface area (Å²) in [6, 6.07) is 24.1. The van der Waals surface area contributed by atoms with Crippen molar-refractivity contribution in [1.82, 2.24) is 14.8 Å². The Morgan fingerprint density at radius 1 is 0.944 bits per heavy atom. The zero-order chi connectivity index (χ0) is 25.4. The number of para-hydroxylation sites is 2. The fourth-order valence-electron chi connectivity index (χ4n) is 5.07. The first-order chi connectivity index (χ1) is 17.3. The zero-order valence-corrected chi connectivity index (χ0v) is 20.4. The molecular formula is C29H27N3O4. The molecule has 5 rings (SSSR count). The standard InChI is InChI=1S/C29H27N3O4/c1-29(17-20-13-7-10-16-24(20)36-3)27(34)32(28(35)30-29)18-23(33)25-21-14-8-9-15-22(21)31(2)26(25)19-11-5-4-6-12-19/h4-16H,17-18H2,1-3H3,(H,30,35). The molecule has 1 atom stereocenters. The van der Waals surface area contributed by atoms with Crippen molar-refractivity contribution in [2.24, 2.45) is 7.05 Å². The van der Waals surface area contributed by atoms with Gasteiger partial charge in [-0.15, -0.1) is 0 Å². The van der Waals surface area contributed by atoms with Crippen LogP contribution in [0.3, 0.4) is 0 Å². The van der Waals surface area contributed by atoms with Gasteiger partial charge in [0, 0.05) is 24.4 Å². The van der Waals surface area contributed by atoms with Crippen LogP contribution in [0.2, 0.25) is 0 Å². The highest BCUT2D eigenvalue weighted by molar-refractivity contribution is 6.17. The van der Waals surface area contributed by atoms with Crippen molar-refractivity contribution in [1.29, 1.82) is 0 Å². The van der Waals surface area contributed by atoms with Crippen molar-refractivity contribution < 1.29 is 19.1 Å². The maximum absolute atomic E-state index is 13.8. The maximum Gasteiger partial charge on any atom is 0.325 e. The molecule has 1 fully saturated rings. The minimum Gasteiger partial charge on any atom is -0.496 e. The predicted molar refractivity (Wildman–Crippen MR) is 138 cm³/mol. The van der Waals surface area contributed by atoms with Gasteiger partial charge in [0.05, 0.1) is 24.9 Å². The number of rotatable bonds is 7. The molecule has 0 saturated carbocycles. The van der Waals surface area contributed by atoms with E-state index in [2.05, 4.69) is 5.32 Å². The minimum absolute atomic E-state index is 0.246. The van der Waals surface area contributed by atoms with Crippen LogP contribution < -0.4 is 10.1 Å². The molecule has 0 spiro atoms. The predicted octanol–water partition coefficient (Wildman–Crippen LogP) is 4.59. The Morgan fingerprint density at radius 2 is 1.61 bits per heavy atom. The quantitative estimate of drug-likeness (QED) is 0.309. The number of aromatic nitrogens is 1. The number of carbonyl (C=O) groups is 3. The average Bonchev–Trinajstić information content (AvgIpc) is 3.30. The van der Waals surface area contributed by atoms with E-state index < -0.39 is 17.5 Å². The summed E-state index contributed by atoms with van der Waals surface area (Å²) in [6.45, 7) is 1.33. The summed E-state index contributed by atoms with van der Waals surface area (Å²) < 4.78 is 7.40. The number of ketones is 1. The Balaban J connectivity index is 1.49. The SMILES string of the molecule is COc1ccccc1CC1(C)NC(=O)N(CC(=O)c2c(-c3ccccc3)n(C)c3ccccc23)C1=O. The van der Waals surface area contributed by atoms with Gasteiger partial charge in [0.2, 0.25) is 0 Å². The highest BCUT2D eigenvalue weighted by Gasteiger charge is 2.48. The Kier molecular flexibility index (Phi) is 5.84. The van der Waals surface area contributed by atoms with E-state index >= 15 is 0 Å². The van der Waals surface area contributed by atoms with Crippen molar-refractivity contribution in [2.45, 2.75) is 18.9 Å². The molecule has 1 N–H and O–H groups in total. The molecule has 2 heterocycles. The molecule has 0 bridgehead atoms. The number of fused-ring (bicyclic) bond motifs is 1. The lowest BCUT2D eigenvalue weighted by atomic mass is 9.92. The monoisotopic (exact) mass is 481 g/mol. The average molecular weight is 482 g/mol. The Hall–Kier alpha value is -4.39. The number of ether oxygens (including phenoxy) is 1. The molecule has 1 saturated heterocycles. The third kappa shape index (κ3) is 3.82. The lowest BCUT2D eigenvalue weighted by molar-refractivity contribution is -0.130. The second-order valence-electron chi connectivity index (χ2n) is 9.23. The first kappa shape index (κ1) is 23.4. The van der Waals surface area contributed by atoms with Crippen LogP contribution in [0, 0.1) is 0 Å². The number of hydrogen-bond donors (Lipinski definition) is 1. The molecule has 0 radical (unpaired) electrons. The number of nitrogens with one attached hydrogen (secondary N) is 1. The third-order valence-electron chi connectivity index (χ3n) is 6.82. The molecule has 3 aromatic carbocycles. The third-order valence-corrected chi connectivity index (χ3v) is 6.82. The summed E-state index contributed by atoms with van der Waals surface area (Å²) in [7, 11) is 3.48. The number of urea groups is 1. The Bertz CT molecular complexity index is 1490. The highest BCUT2D eigenvalue weighted by atomic mass is 16.5. The Labute approximate surface area is 209 Å². The van der Waals surface area contributed by atoms with Crippen LogP contribution in [0.4, 0.5) is 4.79 Å². The van der Waals surface area contributed by atoms with Gasteiger partial charge in [0.1, 0.15) is 11.3 Å². The van der Waals surface area contributed by atoms with E-state index in [1.54, 1.807) is 14.0 Å². The topological polar surface area (TPSA) is 80.6 Å². The van der Waals surface area contributed by atoms with E-state index in [1.807, 2.05) is 90.5 Å². The first-order valence-corrected chi connectivity index (χ1v) is 11.8. The second kappa shape index (κ2) is 9.00. The van der Waals surface area contributed by atoms with Gasteiger partial charge in [-0.1, -0.05) is 66.7 Å². The molecular weight excluding hydrogens is 454 g/mol. The van der Waals surface area contributed by atoms with Gasteiger partial charge in [0.25, 0.3) is 5.91 Å². The molecule has 7 nitrogen and oxygen atoms in total. The van der Waals surface area contributed by atoms with Gasteiger partial charge >= 0.3 is 6.03 Å². The second-order valence-corrected chi connectivity index (χ2v) is 9.23. The summed E-state index contributed by atoms with van der Waals surface area (Å²) in [5, 5.41) is 3.58. The highest BCUT2D eigenvalue weighted by Crippen LogP contribution is 2.34. The van der Waals surface area contributed by atoms with E-state index in [9.17, 15) is 14.4 Å². The summed E-state index contributed by atoms with van der Waals surface area (Å²) >= 11 is 0. The van der Waals surface area contributed by atoms with Gasteiger partial charge in [-0.2, -0.15) is 0 Å². The van der Waals surface area contributed by atoms with Crippen molar-refractivity contribution >= 4 is 28.6 Å². The van der Waals surface area contributed by atoms with Crippen molar-refractivity contribution in [3.63, 3.8) is 0 Å². The smallest absolute Gasteiger partial charge is 0.325 e. The fraction of sp³-hybridized carbons (Fsp3) is 0.207. The summed E-state index contributed by atoms with van der Waals surface area (Å²) in [5.41, 5.74) is 2.65. The maximum atomic E-state index is 13.8. The molecule has 4 aromatic rings. The normalized spacial score (nSPS) is 17.5. The van der Waals surface area contributed by atoms with Gasteiger partial charge in [0.15, 0.2) is 5.78 Å². The molecule has 1 unspecified atom stereocenters. The zero-order valence-electron chi connectivity index (χ0n) is 20.4. The van der Waals surface area contributed by atoms with Crippen LogP contribution in [0.25, 0.3) is 22.2 Å². The number of hydrogen-bond acceptors (Lipinski definition) is 4. The molecule has 0 aliphatic carbocycles. The van der Waals surface area contributed by atoms with Gasteiger partial charge in [-0.3, -0.25) is 14.5 Å². The van der Waals surface area contributed by atoms with E-state index in [-0.39, 0.29) is 18.7 Å². The fourth-order valence-corrected chi connectivity index (χ4v) is 5.07.